The lowest BCUT2D eigenvalue weighted by Gasteiger charge is -2.12. The topological polar surface area (TPSA) is 124 Å². The van der Waals surface area contributed by atoms with E-state index in [9.17, 15) is 19.5 Å². The Labute approximate surface area is 187 Å². The molecule has 0 spiro atoms. The number of aryl methyl sites for hydroxylation is 2. The minimum Gasteiger partial charge on any atom is -0.495 e. The van der Waals surface area contributed by atoms with Crippen molar-refractivity contribution in [2.75, 3.05) is 7.11 Å². The Bertz CT molecular complexity index is 1550. The van der Waals surface area contributed by atoms with E-state index in [1.165, 1.54) is 13.3 Å². The van der Waals surface area contributed by atoms with Gasteiger partial charge < -0.3 is 9.84 Å². The molecule has 0 bridgehead atoms. The fraction of sp³-hybridized carbons (Fsp3) is 0.217. The maximum atomic E-state index is 12.6. The van der Waals surface area contributed by atoms with E-state index in [-0.39, 0.29) is 16.9 Å². The molecule has 10 heteroatoms. The molecule has 0 atom stereocenters. The van der Waals surface area contributed by atoms with Gasteiger partial charge in [0, 0.05) is 19.3 Å². The predicted octanol–water partition coefficient (Wildman–Crippen LogP) is 2.15. The van der Waals surface area contributed by atoms with Gasteiger partial charge in [-0.2, -0.15) is 0 Å². The average Bonchev–Trinajstić information content (AvgIpc) is 3.08. The van der Waals surface area contributed by atoms with E-state index < -0.39 is 17.1 Å². The van der Waals surface area contributed by atoms with Gasteiger partial charge in [-0.1, -0.05) is 12.1 Å². The van der Waals surface area contributed by atoms with Crippen LogP contribution in [0.15, 0.2) is 61.8 Å². The maximum absolute atomic E-state index is 12.6. The molecule has 0 fully saturated rings. The van der Waals surface area contributed by atoms with Crippen molar-refractivity contribution in [3.63, 3.8) is 0 Å². The lowest BCUT2D eigenvalue weighted by atomic mass is 10.2. The van der Waals surface area contributed by atoms with Crippen LogP contribution in [0.4, 0.5) is 5.69 Å². The molecule has 4 rings (SSSR count). The van der Waals surface area contributed by atoms with Crippen LogP contribution in [-0.2, 0) is 13.1 Å². The number of aromatic amines is 1. The third-order valence-corrected chi connectivity index (χ3v) is 5.42. The van der Waals surface area contributed by atoms with Crippen molar-refractivity contribution in [3.05, 3.63) is 79.4 Å². The van der Waals surface area contributed by atoms with Gasteiger partial charge in [0.2, 0.25) is 5.88 Å². The molecule has 4 aromatic rings. The van der Waals surface area contributed by atoms with Crippen molar-refractivity contribution in [2.24, 2.45) is 4.99 Å². The van der Waals surface area contributed by atoms with Crippen molar-refractivity contribution in [2.45, 2.75) is 26.9 Å². The summed E-state index contributed by atoms with van der Waals surface area (Å²) in [7, 11) is 1.44. The van der Waals surface area contributed by atoms with Gasteiger partial charge in [0.05, 0.1) is 29.5 Å². The number of aliphatic imine (C=N–C) groups is 1. The first kappa shape index (κ1) is 21.9. The van der Waals surface area contributed by atoms with Crippen LogP contribution in [0.2, 0.25) is 0 Å². The number of methoxy groups -OCH3 is 1. The zero-order valence-electron chi connectivity index (χ0n) is 18.4. The van der Waals surface area contributed by atoms with Gasteiger partial charge in [0.1, 0.15) is 11.3 Å². The molecule has 0 aliphatic rings. The SMILES string of the molecule is CCn1c(=O)n(CC)c2cc(N=Cc3c(O)n(-c4ccccc4OC)c(=O)[nH]c3=O)ccc21. The summed E-state index contributed by atoms with van der Waals surface area (Å²) in [6, 6.07) is 11.8. The molecule has 0 aliphatic carbocycles. The fourth-order valence-electron chi connectivity index (χ4n) is 3.83. The van der Waals surface area contributed by atoms with Crippen LogP contribution >= 0.6 is 0 Å². The molecule has 0 unspecified atom stereocenters. The Morgan fingerprint density at radius 2 is 1.73 bits per heavy atom. The summed E-state index contributed by atoms with van der Waals surface area (Å²) in [5.41, 5.74) is 0.359. The molecule has 0 aliphatic heterocycles. The molecule has 0 saturated heterocycles. The number of para-hydroxylation sites is 2. The highest BCUT2D eigenvalue weighted by atomic mass is 16.5. The summed E-state index contributed by atoms with van der Waals surface area (Å²) in [4.78, 5) is 43.9. The first-order valence-electron chi connectivity index (χ1n) is 10.4. The smallest absolute Gasteiger partial charge is 0.335 e. The van der Waals surface area contributed by atoms with Crippen molar-refractivity contribution in [3.8, 4) is 17.3 Å². The van der Waals surface area contributed by atoms with Crippen molar-refractivity contribution >= 4 is 22.9 Å². The average molecular weight is 449 g/mol. The zero-order valence-corrected chi connectivity index (χ0v) is 18.4. The number of imidazole rings is 1. The maximum Gasteiger partial charge on any atom is 0.335 e. The molecule has 170 valence electrons. The van der Waals surface area contributed by atoms with E-state index >= 15 is 0 Å². The van der Waals surface area contributed by atoms with Crippen LogP contribution in [0, 0.1) is 0 Å². The standard InChI is InChI=1S/C23H23N5O5/c1-4-26-16-11-10-14(12-18(16)27(5-2)23(26)32)24-13-15-20(29)25-22(31)28(21(15)30)17-8-6-7-9-19(17)33-3/h6-13,30H,4-5H2,1-3H3,(H,25,29,31). The number of benzene rings is 2. The Balaban J connectivity index is 1.84. The predicted molar refractivity (Wildman–Crippen MR) is 126 cm³/mol. The summed E-state index contributed by atoms with van der Waals surface area (Å²) in [5.74, 6) is -0.228. The van der Waals surface area contributed by atoms with E-state index in [4.69, 9.17) is 4.74 Å². The van der Waals surface area contributed by atoms with Gasteiger partial charge in [-0.05, 0) is 44.2 Å². The minimum absolute atomic E-state index is 0.103. The lowest BCUT2D eigenvalue weighted by molar-refractivity contribution is 0.401. The van der Waals surface area contributed by atoms with Crippen LogP contribution in [0.25, 0.3) is 16.7 Å². The van der Waals surface area contributed by atoms with E-state index in [2.05, 4.69) is 9.98 Å². The Hall–Kier alpha value is -4.34. The van der Waals surface area contributed by atoms with Crippen LogP contribution in [0.5, 0.6) is 11.6 Å². The first-order valence-corrected chi connectivity index (χ1v) is 10.4. The monoisotopic (exact) mass is 449 g/mol. The molecular formula is C23H23N5O5. The van der Waals surface area contributed by atoms with Gasteiger partial charge in [0.15, 0.2) is 0 Å². The third kappa shape index (κ3) is 3.65. The van der Waals surface area contributed by atoms with Crippen LogP contribution in [0.3, 0.4) is 0 Å². The first-order chi connectivity index (χ1) is 15.9. The number of H-pyrrole nitrogens is 1. The van der Waals surface area contributed by atoms with Crippen molar-refractivity contribution in [1.82, 2.24) is 18.7 Å². The summed E-state index contributed by atoms with van der Waals surface area (Å²) >= 11 is 0. The summed E-state index contributed by atoms with van der Waals surface area (Å²) in [6.07, 6.45) is 1.19. The molecule has 2 N–H and O–H groups in total. The number of fused-ring (bicyclic) bond motifs is 1. The highest BCUT2D eigenvalue weighted by Gasteiger charge is 2.17. The number of aromatic hydroxyl groups is 1. The van der Waals surface area contributed by atoms with Gasteiger partial charge in [-0.3, -0.25) is 23.9 Å². The Morgan fingerprint density at radius 1 is 1.03 bits per heavy atom. The van der Waals surface area contributed by atoms with E-state index in [1.54, 1.807) is 51.6 Å². The van der Waals surface area contributed by atoms with E-state index in [0.29, 0.717) is 24.5 Å². The summed E-state index contributed by atoms with van der Waals surface area (Å²) in [5, 5.41) is 10.8. The highest BCUT2D eigenvalue weighted by Crippen LogP contribution is 2.25. The molecule has 10 nitrogen and oxygen atoms in total. The van der Waals surface area contributed by atoms with Gasteiger partial charge in [-0.25, -0.2) is 14.2 Å². The number of nitrogens with one attached hydrogen (secondary N) is 1. The fourth-order valence-corrected chi connectivity index (χ4v) is 3.83. The second-order valence-electron chi connectivity index (χ2n) is 7.21. The Morgan fingerprint density at radius 3 is 2.42 bits per heavy atom. The number of hydrogen-bond acceptors (Lipinski definition) is 6. The van der Waals surface area contributed by atoms with Gasteiger partial charge in [-0.15, -0.1) is 0 Å². The van der Waals surface area contributed by atoms with Gasteiger partial charge >= 0.3 is 11.4 Å². The minimum atomic E-state index is -0.812. The highest BCUT2D eigenvalue weighted by molar-refractivity contribution is 5.86. The van der Waals surface area contributed by atoms with Crippen LogP contribution in [-0.4, -0.2) is 37.1 Å². The molecule has 0 saturated carbocycles. The molecular weight excluding hydrogens is 426 g/mol. The number of ether oxygens (including phenoxy) is 1. The largest absolute Gasteiger partial charge is 0.495 e. The second kappa shape index (κ2) is 8.65. The number of rotatable bonds is 6. The third-order valence-electron chi connectivity index (χ3n) is 5.42. The van der Waals surface area contributed by atoms with E-state index in [0.717, 1.165) is 15.6 Å². The number of nitrogens with zero attached hydrogens (tertiary/aromatic N) is 4. The lowest BCUT2D eigenvalue weighted by Crippen LogP contribution is -2.31. The van der Waals surface area contributed by atoms with Crippen LogP contribution in [0.1, 0.15) is 19.4 Å². The molecule has 0 radical (unpaired) electrons. The van der Waals surface area contributed by atoms with Crippen molar-refractivity contribution in [1.29, 1.82) is 0 Å². The molecule has 0 amide bonds. The van der Waals surface area contributed by atoms with Gasteiger partial charge in [0.25, 0.3) is 5.56 Å². The molecule has 33 heavy (non-hydrogen) atoms. The van der Waals surface area contributed by atoms with Crippen molar-refractivity contribution < 1.29 is 9.84 Å². The molecule has 2 heterocycles. The number of aromatic nitrogens is 4. The quantitative estimate of drug-likeness (QED) is 0.437. The number of hydrogen-bond donors (Lipinski definition) is 2. The summed E-state index contributed by atoms with van der Waals surface area (Å²) in [6.45, 7) is 4.83. The summed E-state index contributed by atoms with van der Waals surface area (Å²) < 4.78 is 9.53. The molecule has 2 aromatic carbocycles. The molecule has 2 aromatic heterocycles. The Kier molecular flexibility index (Phi) is 5.74. The zero-order chi connectivity index (χ0) is 23.7. The van der Waals surface area contributed by atoms with Crippen LogP contribution < -0.4 is 21.7 Å². The van der Waals surface area contributed by atoms with E-state index in [1.807, 2.05) is 13.8 Å². The normalized spacial score (nSPS) is 11.5. The second-order valence-corrected chi connectivity index (χ2v) is 7.21.